The zero-order valence-electron chi connectivity index (χ0n) is 19.1. The average molecular weight is 577 g/mol. The molecule has 0 saturated carbocycles. The van der Waals surface area contributed by atoms with Crippen molar-refractivity contribution in [1.29, 1.82) is 0 Å². The fourth-order valence-electron chi connectivity index (χ4n) is 3.95. The number of carbonyl (C=O) groups excluding carboxylic acids is 1. The van der Waals surface area contributed by atoms with Crippen molar-refractivity contribution >= 4 is 43.0 Å². The second kappa shape index (κ2) is 13.7. The molecule has 0 saturated heterocycles. The SMILES string of the molecule is CC(=O)OC(CCP(c1ccccc1)c1ccccc1)P(c1ccccc1)c1ccccc1.[Pd]. The number of hydrogen-bond donors (Lipinski definition) is 0. The molecule has 0 aliphatic heterocycles. The summed E-state index contributed by atoms with van der Waals surface area (Å²) in [6, 6.07) is 42.4. The molecule has 2 nitrogen and oxygen atoms in total. The summed E-state index contributed by atoms with van der Waals surface area (Å²) in [5.41, 5.74) is 0. The molecule has 0 aromatic heterocycles. The molecule has 0 heterocycles. The van der Waals surface area contributed by atoms with E-state index in [9.17, 15) is 4.79 Å². The second-order valence-corrected chi connectivity index (χ2v) is 12.4. The minimum absolute atomic E-state index is 0. The van der Waals surface area contributed by atoms with E-state index in [0.29, 0.717) is 0 Å². The van der Waals surface area contributed by atoms with Crippen LogP contribution in [-0.4, -0.2) is 18.0 Å². The Morgan fingerprint density at radius 1 is 0.647 bits per heavy atom. The Labute approximate surface area is 218 Å². The Morgan fingerprint density at radius 3 is 1.35 bits per heavy atom. The van der Waals surface area contributed by atoms with Crippen LogP contribution in [0.3, 0.4) is 0 Å². The van der Waals surface area contributed by atoms with Crippen LogP contribution in [0.2, 0.25) is 0 Å². The van der Waals surface area contributed by atoms with E-state index in [-0.39, 0.29) is 32.2 Å². The van der Waals surface area contributed by atoms with Gasteiger partial charge in [0.05, 0.1) is 0 Å². The van der Waals surface area contributed by atoms with Gasteiger partial charge in [0.25, 0.3) is 0 Å². The zero-order valence-corrected chi connectivity index (χ0v) is 22.4. The van der Waals surface area contributed by atoms with Gasteiger partial charge in [-0.05, 0) is 49.6 Å². The molecular weight excluding hydrogens is 549 g/mol. The maximum Gasteiger partial charge on any atom is 0.303 e. The van der Waals surface area contributed by atoms with Crippen molar-refractivity contribution in [3.63, 3.8) is 0 Å². The van der Waals surface area contributed by atoms with E-state index in [0.717, 1.165) is 12.6 Å². The molecule has 0 radical (unpaired) electrons. The van der Waals surface area contributed by atoms with Gasteiger partial charge in [-0.1, -0.05) is 121 Å². The van der Waals surface area contributed by atoms with E-state index in [1.807, 2.05) is 12.1 Å². The summed E-state index contributed by atoms with van der Waals surface area (Å²) >= 11 is 0. The van der Waals surface area contributed by atoms with Gasteiger partial charge in [-0.3, -0.25) is 4.79 Å². The van der Waals surface area contributed by atoms with E-state index >= 15 is 0 Å². The molecule has 4 aromatic carbocycles. The first-order valence-corrected chi connectivity index (χ1v) is 14.1. The molecule has 1 atom stereocenters. The number of esters is 1. The Bertz CT molecular complexity index is 1050. The molecule has 176 valence electrons. The number of benzene rings is 4. The van der Waals surface area contributed by atoms with E-state index in [4.69, 9.17) is 4.74 Å². The van der Waals surface area contributed by atoms with Crippen LogP contribution in [-0.2, 0) is 30.0 Å². The summed E-state index contributed by atoms with van der Waals surface area (Å²) in [5, 5.41) is 5.16. The summed E-state index contributed by atoms with van der Waals surface area (Å²) in [4.78, 5) is 12.2. The van der Waals surface area contributed by atoms with Crippen molar-refractivity contribution < 1.29 is 30.0 Å². The summed E-state index contributed by atoms with van der Waals surface area (Å²) in [5.74, 6) is -0.400. The summed E-state index contributed by atoms with van der Waals surface area (Å²) in [7, 11) is -1.40. The molecule has 0 fully saturated rings. The van der Waals surface area contributed by atoms with Crippen molar-refractivity contribution in [2.45, 2.75) is 19.2 Å². The molecule has 34 heavy (non-hydrogen) atoms. The maximum atomic E-state index is 12.2. The molecule has 0 aliphatic carbocycles. The van der Waals surface area contributed by atoms with Crippen LogP contribution in [0.4, 0.5) is 0 Å². The molecule has 4 aromatic rings. The zero-order chi connectivity index (χ0) is 22.9. The summed E-state index contributed by atoms with van der Waals surface area (Å²) in [6.45, 7) is 1.52. The molecule has 0 amide bonds. The largest absolute Gasteiger partial charge is 0.457 e. The van der Waals surface area contributed by atoms with Crippen LogP contribution in [0.1, 0.15) is 13.3 Å². The predicted octanol–water partition coefficient (Wildman–Crippen LogP) is 5.53. The Kier molecular flexibility index (Phi) is 10.7. The molecule has 0 spiro atoms. The van der Waals surface area contributed by atoms with Gasteiger partial charge >= 0.3 is 5.97 Å². The first kappa shape index (κ1) is 26.5. The number of carbonyl (C=O) groups is 1. The third-order valence-corrected chi connectivity index (χ3v) is 10.6. The van der Waals surface area contributed by atoms with Crippen LogP contribution >= 0.6 is 15.8 Å². The second-order valence-electron chi connectivity index (χ2n) is 7.72. The van der Waals surface area contributed by atoms with Gasteiger partial charge in [-0.15, -0.1) is 0 Å². The minimum Gasteiger partial charge on any atom is -0.457 e. The van der Waals surface area contributed by atoms with E-state index < -0.39 is 15.8 Å². The van der Waals surface area contributed by atoms with Crippen LogP contribution in [0.5, 0.6) is 0 Å². The van der Waals surface area contributed by atoms with E-state index in [1.165, 1.54) is 28.1 Å². The maximum absolute atomic E-state index is 12.2. The topological polar surface area (TPSA) is 26.3 Å². The number of rotatable bonds is 9. The van der Waals surface area contributed by atoms with Gasteiger partial charge in [0.1, 0.15) is 5.85 Å². The van der Waals surface area contributed by atoms with Crippen LogP contribution in [0.15, 0.2) is 121 Å². The van der Waals surface area contributed by atoms with Gasteiger partial charge in [-0.2, -0.15) is 0 Å². The van der Waals surface area contributed by atoms with Gasteiger partial charge < -0.3 is 4.74 Å². The van der Waals surface area contributed by atoms with Crippen molar-refractivity contribution in [3.05, 3.63) is 121 Å². The minimum atomic E-state index is -0.848. The first-order chi connectivity index (χ1) is 16.2. The van der Waals surface area contributed by atoms with Crippen molar-refractivity contribution in [2.24, 2.45) is 0 Å². The molecule has 0 aliphatic rings. The van der Waals surface area contributed by atoms with Crippen LogP contribution in [0.25, 0.3) is 0 Å². The fraction of sp³-hybridized carbons (Fsp3) is 0.138. The average Bonchev–Trinajstić information content (AvgIpc) is 2.86. The molecule has 0 N–H and O–H groups in total. The van der Waals surface area contributed by atoms with Crippen molar-refractivity contribution in [1.82, 2.24) is 0 Å². The third-order valence-electron chi connectivity index (χ3n) is 5.39. The third kappa shape index (κ3) is 7.18. The number of hydrogen-bond acceptors (Lipinski definition) is 2. The monoisotopic (exact) mass is 576 g/mol. The van der Waals surface area contributed by atoms with Crippen LogP contribution < -0.4 is 21.2 Å². The van der Waals surface area contributed by atoms with Crippen molar-refractivity contribution in [3.8, 4) is 0 Å². The standard InChI is InChI=1S/C29H28O2P2.Pd/c1-24(30)31-29(33(27-18-10-4-11-19-27)28-20-12-5-13-21-28)22-23-32(25-14-6-2-7-15-25)26-16-8-3-9-17-26;/h2-21,29H,22-23H2,1H3;. The molecule has 4 rings (SSSR count). The van der Waals surface area contributed by atoms with E-state index in [2.05, 4.69) is 109 Å². The quantitative estimate of drug-likeness (QED) is 0.149. The fourth-order valence-corrected chi connectivity index (χ4v) is 9.12. The number of ether oxygens (including phenoxy) is 1. The van der Waals surface area contributed by atoms with Gasteiger partial charge in [-0.25, -0.2) is 0 Å². The van der Waals surface area contributed by atoms with Gasteiger partial charge in [0.15, 0.2) is 0 Å². The Hall–Kier alpha value is -2.13. The molecule has 5 heteroatoms. The Balaban J connectivity index is 0.00000324. The Morgan fingerprint density at radius 2 is 1.00 bits per heavy atom. The van der Waals surface area contributed by atoms with Crippen molar-refractivity contribution in [2.75, 3.05) is 6.16 Å². The molecule has 0 bridgehead atoms. The predicted molar refractivity (Wildman–Crippen MR) is 143 cm³/mol. The molecular formula is C29H28O2P2Pd. The van der Waals surface area contributed by atoms with Gasteiger partial charge in [0.2, 0.25) is 0 Å². The summed E-state index contributed by atoms with van der Waals surface area (Å²) in [6.07, 6.45) is 1.77. The summed E-state index contributed by atoms with van der Waals surface area (Å²) < 4.78 is 6.04. The normalized spacial score (nSPS) is 11.6. The smallest absolute Gasteiger partial charge is 0.303 e. The van der Waals surface area contributed by atoms with Gasteiger partial charge in [0, 0.05) is 27.3 Å². The van der Waals surface area contributed by atoms with E-state index in [1.54, 1.807) is 0 Å². The first-order valence-electron chi connectivity index (χ1n) is 11.2. The molecule has 1 unspecified atom stereocenters. The van der Waals surface area contributed by atoms with Crippen LogP contribution in [0, 0.1) is 0 Å².